The van der Waals surface area contributed by atoms with Gasteiger partial charge in [-0.15, -0.1) is 0 Å². The quantitative estimate of drug-likeness (QED) is 0.737. The van der Waals surface area contributed by atoms with Gasteiger partial charge in [0.1, 0.15) is 11.3 Å². The highest BCUT2D eigenvalue weighted by Gasteiger charge is 2.39. The number of hydrogen-bond acceptors (Lipinski definition) is 5. The number of nitrogens with one attached hydrogen (secondary N) is 1. The third kappa shape index (κ3) is 5.49. The van der Waals surface area contributed by atoms with Gasteiger partial charge in [-0.2, -0.15) is 5.26 Å². The molecule has 1 N–H and O–H groups in total. The van der Waals surface area contributed by atoms with Gasteiger partial charge in [-0.25, -0.2) is 4.99 Å². The van der Waals surface area contributed by atoms with Gasteiger partial charge in [0.25, 0.3) is 0 Å². The van der Waals surface area contributed by atoms with Crippen molar-refractivity contribution in [2.75, 3.05) is 6.54 Å². The average Bonchev–Trinajstić information content (AvgIpc) is 3.01. The zero-order chi connectivity index (χ0) is 21.5. The van der Waals surface area contributed by atoms with Gasteiger partial charge in [0.2, 0.25) is 11.8 Å². The van der Waals surface area contributed by atoms with Crippen LogP contribution in [0.15, 0.2) is 59.6 Å². The lowest BCUT2D eigenvalue weighted by Gasteiger charge is -2.18. The van der Waals surface area contributed by atoms with Crippen LogP contribution in [0.4, 0.5) is 5.69 Å². The predicted molar refractivity (Wildman–Crippen MR) is 119 cm³/mol. The van der Waals surface area contributed by atoms with Crippen molar-refractivity contribution in [2.24, 2.45) is 10.9 Å². The van der Waals surface area contributed by atoms with Crippen molar-refractivity contribution in [1.82, 2.24) is 10.2 Å². The molecule has 6 nitrogen and oxygen atoms in total. The molecule has 1 heterocycles. The number of thioether (sulfide) groups is 1. The predicted octanol–water partition coefficient (Wildman–Crippen LogP) is 3.85. The van der Waals surface area contributed by atoms with Crippen LogP contribution in [0.5, 0.6) is 0 Å². The lowest BCUT2D eigenvalue weighted by molar-refractivity contribution is -0.129. The van der Waals surface area contributed by atoms with E-state index in [2.05, 4.69) is 16.4 Å². The largest absolute Gasteiger partial charge is 0.352 e. The average molecular weight is 421 g/mol. The Hall–Kier alpha value is -3.11. The molecule has 30 heavy (non-hydrogen) atoms. The summed E-state index contributed by atoms with van der Waals surface area (Å²) in [5.74, 6) is -0.0405. The topological polar surface area (TPSA) is 85.6 Å². The Bertz CT molecular complexity index is 982. The van der Waals surface area contributed by atoms with Crippen molar-refractivity contribution in [3.8, 4) is 6.07 Å². The van der Waals surface area contributed by atoms with Crippen LogP contribution in [0, 0.1) is 17.2 Å². The van der Waals surface area contributed by atoms with Gasteiger partial charge in [-0.05, 0) is 23.6 Å². The fourth-order valence-electron chi connectivity index (χ4n) is 3.06. The molecule has 1 unspecified atom stereocenters. The van der Waals surface area contributed by atoms with E-state index in [1.165, 1.54) is 11.8 Å². The van der Waals surface area contributed by atoms with E-state index in [4.69, 9.17) is 0 Å². The number of nitrogens with zero attached hydrogens (tertiary/aromatic N) is 3. The highest BCUT2D eigenvalue weighted by atomic mass is 32.2. The molecule has 2 amide bonds. The van der Waals surface area contributed by atoms with Crippen molar-refractivity contribution >= 4 is 34.4 Å². The zero-order valence-corrected chi connectivity index (χ0v) is 17.9. The number of amidine groups is 1. The third-order valence-corrected chi connectivity index (χ3v) is 5.69. The number of para-hydroxylation sites is 1. The van der Waals surface area contributed by atoms with E-state index < -0.39 is 5.25 Å². The lowest BCUT2D eigenvalue weighted by Crippen LogP contribution is -2.36. The van der Waals surface area contributed by atoms with Gasteiger partial charge < -0.3 is 5.32 Å². The summed E-state index contributed by atoms with van der Waals surface area (Å²) in [5.41, 5.74) is 1.98. The lowest BCUT2D eigenvalue weighted by atomic mass is 10.2. The molecule has 0 bridgehead atoms. The number of carbonyl (C=O) groups excluding carboxylic acids is 2. The number of carbonyl (C=O) groups is 2. The number of aliphatic imine (C=N–C) groups is 1. The number of hydrogen-bond donors (Lipinski definition) is 1. The Morgan fingerprint density at radius 2 is 1.90 bits per heavy atom. The molecule has 0 spiro atoms. The molecule has 1 fully saturated rings. The Labute approximate surface area is 181 Å². The molecule has 0 aliphatic carbocycles. The molecule has 154 valence electrons. The van der Waals surface area contributed by atoms with Gasteiger partial charge >= 0.3 is 0 Å². The summed E-state index contributed by atoms with van der Waals surface area (Å²) < 4.78 is 0. The maximum absolute atomic E-state index is 13.0. The first-order chi connectivity index (χ1) is 14.5. The van der Waals surface area contributed by atoms with Crippen LogP contribution >= 0.6 is 11.8 Å². The summed E-state index contributed by atoms with van der Waals surface area (Å²) in [6.45, 7) is 5.00. The Kier molecular flexibility index (Phi) is 7.26. The molecule has 3 rings (SSSR count). The normalized spacial score (nSPS) is 17.4. The smallest absolute Gasteiger partial charge is 0.242 e. The maximum Gasteiger partial charge on any atom is 0.242 e. The van der Waals surface area contributed by atoms with Gasteiger partial charge in [0.05, 0.1) is 11.3 Å². The molecule has 2 aromatic carbocycles. The molecule has 1 aliphatic rings. The van der Waals surface area contributed by atoms with Crippen LogP contribution in [0.1, 0.15) is 31.4 Å². The van der Waals surface area contributed by atoms with E-state index in [9.17, 15) is 14.9 Å². The SMILES string of the molecule is CC(C)CN1C(=O)C(CC(=O)NCc2ccccc2)SC1=Nc1ccccc1C#N. The summed E-state index contributed by atoms with van der Waals surface area (Å²) in [6, 6.07) is 18.8. The second-order valence-electron chi connectivity index (χ2n) is 7.44. The van der Waals surface area contributed by atoms with E-state index in [0.29, 0.717) is 29.5 Å². The molecule has 0 saturated carbocycles. The van der Waals surface area contributed by atoms with Crippen molar-refractivity contribution in [3.63, 3.8) is 0 Å². The Morgan fingerprint density at radius 3 is 2.60 bits per heavy atom. The minimum absolute atomic E-state index is 0.0871. The van der Waals surface area contributed by atoms with Gasteiger partial charge in [0.15, 0.2) is 5.17 Å². The van der Waals surface area contributed by atoms with E-state index in [1.54, 1.807) is 23.1 Å². The molecule has 0 aromatic heterocycles. The van der Waals surface area contributed by atoms with E-state index in [1.807, 2.05) is 50.2 Å². The first-order valence-electron chi connectivity index (χ1n) is 9.84. The summed E-state index contributed by atoms with van der Waals surface area (Å²) >= 11 is 1.29. The third-order valence-electron chi connectivity index (χ3n) is 4.51. The molecule has 7 heteroatoms. The number of rotatable bonds is 7. The van der Waals surface area contributed by atoms with Gasteiger partial charge in [-0.3, -0.25) is 14.5 Å². The minimum Gasteiger partial charge on any atom is -0.352 e. The Morgan fingerprint density at radius 1 is 1.20 bits per heavy atom. The number of amides is 2. The van der Waals surface area contributed by atoms with Crippen molar-refractivity contribution in [2.45, 2.75) is 32.1 Å². The van der Waals surface area contributed by atoms with Crippen LogP contribution in [-0.2, 0) is 16.1 Å². The second kappa shape index (κ2) is 10.1. The van der Waals surface area contributed by atoms with Crippen molar-refractivity contribution in [1.29, 1.82) is 5.26 Å². The van der Waals surface area contributed by atoms with Crippen LogP contribution in [0.3, 0.4) is 0 Å². The fourth-order valence-corrected chi connectivity index (χ4v) is 4.22. The molecule has 1 saturated heterocycles. The molecule has 2 aromatic rings. The molecular weight excluding hydrogens is 396 g/mol. The Balaban J connectivity index is 1.73. The number of benzene rings is 2. The van der Waals surface area contributed by atoms with Gasteiger partial charge in [0, 0.05) is 19.5 Å². The fraction of sp³-hybridized carbons (Fsp3) is 0.304. The zero-order valence-electron chi connectivity index (χ0n) is 17.0. The molecular formula is C23H24N4O2S. The van der Waals surface area contributed by atoms with Crippen LogP contribution < -0.4 is 5.32 Å². The first kappa shape index (κ1) is 21.6. The second-order valence-corrected chi connectivity index (χ2v) is 8.61. The van der Waals surface area contributed by atoms with E-state index in [0.717, 1.165) is 5.56 Å². The van der Waals surface area contributed by atoms with Crippen molar-refractivity contribution in [3.05, 3.63) is 65.7 Å². The minimum atomic E-state index is -0.521. The van der Waals surface area contributed by atoms with Gasteiger partial charge in [-0.1, -0.05) is 68.1 Å². The monoisotopic (exact) mass is 420 g/mol. The molecule has 1 atom stereocenters. The highest BCUT2D eigenvalue weighted by molar-refractivity contribution is 8.15. The summed E-state index contributed by atoms with van der Waals surface area (Å²) in [4.78, 5) is 31.7. The van der Waals surface area contributed by atoms with Crippen LogP contribution in [-0.4, -0.2) is 33.7 Å². The van der Waals surface area contributed by atoms with Crippen LogP contribution in [0.25, 0.3) is 0 Å². The van der Waals surface area contributed by atoms with E-state index in [-0.39, 0.29) is 24.2 Å². The molecule has 1 aliphatic heterocycles. The standard InChI is InChI=1S/C23H24N4O2S/c1-16(2)15-27-22(29)20(12-21(28)25-14-17-8-4-3-5-9-17)30-23(27)26-19-11-7-6-10-18(19)13-24/h3-11,16,20H,12,14-15H2,1-2H3,(H,25,28). The first-order valence-corrected chi connectivity index (χ1v) is 10.7. The maximum atomic E-state index is 13.0. The summed E-state index contributed by atoms with van der Waals surface area (Å²) in [7, 11) is 0. The van der Waals surface area contributed by atoms with Crippen LogP contribution in [0.2, 0.25) is 0 Å². The van der Waals surface area contributed by atoms with E-state index >= 15 is 0 Å². The van der Waals surface area contributed by atoms with Crippen molar-refractivity contribution < 1.29 is 9.59 Å². The number of nitriles is 1. The highest BCUT2D eigenvalue weighted by Crippen LogP contribution is 2.33. The summed E-state index contributed by atoms with van der Waals surface area (Å²) in [5, 5.41) is 12.2. The molecule has 0 radical (unpaired) electrons. The summed E-state index contributed by atoms with van der Waals surface area (Å²) in [6.07, 6.45) is 0.0871.